The highest BCUT2D eigenvalue weighted by molar-refractivity contribution is 6.31. The standard InChI is InChI=1S/C19H25ClN2O2/c1-22(2)10-9-21-13-16-11-18(23-3)19(12-17(16)20)24-14-15-7-5-4-6-8-15/h4-8,11-12,21H,9-10,13-14H2,1-3H3. The van der Waals surface area contributed by atoms with Crippen LogP contribution in [0.2, 0.25) is 5.02 Å². The van der Waals surface area contributed by atoms with Gasteiger partial charge in [0.25, 0.3) is 0 Å². The number of ether oxygens (including phenoxy) is 2. The molecule has 0 amide bonds. The number of nitrogens with one attached hydrogen (secondary N) is 1. The molecule has 24 heavy (non-hydrogen) atoms. The average Bonchev–Trinajstić information content (AvgIpc) is 2.58. The van der Waals surface area contributed by atoms with Crippen LogP contribution in [0.3, 0.4) is 0 Å². The molecule has 5 heteroatoms. The van der Waals surface area contributed by atoms with Crippen molar-refractivity contribution in [2.75, 3.05) is 34.3 Å². The molecule has 4 nitrogen and oxygen atoms in total. The lowest BCUT2D eigenvalue weighted by atomic mass is 10.2. The predicted molar refractivity (Wildman–Crippen MR) is 99.0 cm³/mol. The minimum atomic E-state index is 0.480. The van der Waals surface area contributed by atoms with E-state index in [9.17, 15) is 0 Å². The van der Waals surface area contributed by atoms with Crippen molar-refractivity contribution in [3.63, 3.8) is 0 Å². The second-order valence-electron chi connectivity index (χ2n) is 5.85. The second kappa shape index (κ2) is 9.52. The van der Waals surface area contributed by atoms with Crippen LogP contribution in [-0.4, -0.2) is 39.2 Å². The Labute approximate surface area is 149 Å². The Bertz CT molecular complexity index is 633. The number of methoxy groups -OCH3 is 1. The van der Waals surface area contributed by atoms with Crippen LogP contribution in [0.15, 0.2) is 42.5 Å². The molecular weight excluding hydrogens is 324 g/mol. The molecule has 0 bridgehead atoms. The van der Waals surface area contributed by atoms with Crippen molar-refractivity contribution in [1.82, 2.24) is 10.2 Å². The highest BCUT2D eigenvalue weighted by atomic mass is 35.5. The lowest BCUT2D eigenvalue weighted by Gasteiger charge is -2.15. The molecule has 0 unspecified atom stereocenters. The zero-order valence-corrected chi connectivity index (χ0v) is 15.3. The normalized spacial score (nSPS) is 10.9. The first-order chi connectivity index (χ1) is 11.6. The summed E-state index contributed by atoms with van der Waals surface area (Å²) in [5, 5.41) is 4.06. The van der Waals surface area contributed by atoms with Crippen molar-refractivity contribution in [2.45, 2.75) is 13.2 Å². The Hall–Kier alpha value is -1.75. The summed E-state index contributed by atoms with van der Waals surface area (Å²) >= 11 is 6.40. The number of hydrogen-bond donors (Lipinski definition) is 1. The van der Waals surface area contributed by atoms with Gasteiger partial charge in [0.15, 0.2) is 11.5 Å². The fraction of sp³-hybridized carbons (Fsp3) is 0.368. The molecule has 0 saturated heterocycles. The van der Waals surface area contributed by atoms with Gasteiger partial charge < -0.3 is 19.7 Å². The van der Waals surface area contributed by atoms with E-state index in [0.29, 0.717) is 29.7 Å². The van der Waals surface area contributed by atoms with Crippen molar-refractivity contribution in [3.8, 4) is 11.5 Å². The summed E-state index contributed by atoms with van der Waals surface area (Å²) in [5.74, 6) is 1.35. The van der Waals surface area contributed by atoms with Gasteiger partial charge in [0.05, 0.1) is 7.11 Å². The van der Waals surface area contributed by atoms with Crippen molar-refractivity contribution in [2.24, 2.45) is 0 Å². The molecule has 0 heterocycles. The summed E-state index contributed by atoms with van der Waals surface area (Å²) in [4.78, 5) is 2.13. The van der Waals surface area contributed by atoms with E-state index < -0.39 is 0 Å². The van der Waals surface area contributed by atoms with E-state index >= 15 is 0 Å². The third-order valence-corrected chi connectivity index (χ3v) is 3.97. The van der Waals surface area contributed by atoms with E-state index in [1.807, 2.05) is 42.5 Å². The molecular formula is C19H25ClN2O2. The maximum Gasteiger partial charge on any atom is 0.163 e. The molecule has 0 atom stereocenters. The van der Waals surface area contributed by atoms with Crippen molar-refractivity contribution < 1.29 is 9.47 Å². The maximum atomic E-state index is 6.40. The molecule has 0 fully saturated rings. The lowest BCUT2D eigenvalue weighted by molar-refractivity contribution is 0.284. The van der Waals surface area contributed by atoms with Crippen molar-refractivity contribution in [3.05, 3.63) is 58.6 Å². The maximum absolute atomic E-state index is 6.40. The van der Waals surface area contributed by atoms with Crippen LogP contribution in [-0.2, 0) is 13.2 Å². The molecule has 0 saturated carbocycles. The number of halogens is 1. The Morgan fingerprint density at radius 2 is 1.83 bits per heavy atom. The van der Waals surface area contributed by atoms with Crippen LogP contribution in [0, 0.1) is 0 Å². The Kier molecular flexibility index (Phi) is 7.37. The monoisotopic (exact) mass is 348 g/mol. The van der Waals surface area contributed by atoms with Gasteiger partial charge in [-0.05, 0) is 31.3 Å². The molecule has 2 aromatic rings. The molecule has 0 aliphatic carbocycles. The van der Waals surface area contributed by atoms with E-state index in [4.69, 9.17) is 21.1 Å². The van der Waals surface area contributed by atoms with Crippen molar-refractivity contribution >= 4 is 11.6 Å². The Balaban J connectivity index is 2.00. The SMILES string of the molecule is COc1cc(CNCCN(C)C)c(Cl)cc1OCc1ccccc1. The van der Waals surface area contributed by atoms with Gasteiger partial charge in [0.2, 0.25) is 0 Å². The summed E-state index contributed by atoms with van der Waals surface area (Å²) in [7, 11) is 5.75. The quantitative estimate of drug-likeness (QED) is 0.702. The minimum absolute atomic E-state index is 0.480. The number of nitrogens with zero attached hydrogens (tertiary/aromatic N) is 1. The second-order valence-corrected chi connectivity index (χ2v) is 6.26. The fourth-order valence-electron chi connectivity index (χ4n) is 2.25. The third-order valence-electron chi connectivity index (χ3n) is 3.62. The molecule has 2 rings (SSSR count). The van der Waals surface area contributed by atoms with Crippen LogP contribution >= 0.6 is 11.6 Å². The number of rotatable bonds is 9. The third kappa shape index (κ3) is 5.71. The first-order valence-corrected chi connectivity index (χ1v) is 8.36. The molecule has 2 aromatic carbocycles. The zero-order chi connectivity index (χ0) is 17.4. The largest absolute Gasteiger partial charge is 0.493 e. The van der Waals surface area contributed by atoms with Gasteiger partial charge in [-0.1, -0.05) is 41.9 Å². The van der Waals surface area contributed by atoms with Gasteiger partial charge in [-0.15, -0.1) is 0 Å². The van der Waals surface area contributed by atoms with Crippen LogP contribution in [0.25, 0.3) is 0 Å². The zero-order valence-electron chi connectivity index (χ0n) is 14.5. The number of hydrogen-bond acceptors (Lipinski definition) is 4. The van der Waals surface area contributed by atoms with Gasteiger partial charge in [0, 0.05) is 30.7 Å². The van der Waals surface area contributed by atoms with Crippen LogP contribution in [0.1, 0.15) is 11.1 Å². The van der Waals surface area contributed by atoms with Crippen molar-refractivity contribution in [1.29, 1.82) is 0 Å². The van der Waals surface area contributed by atoms with Gasteiger partial charge in [0.1, 0.15) is 6.61 Å². The summed E-state index contributed by atoms with van der Waals surface area (Å²) in [6.07, 6.45) is 0. The molecule has 0 radical (unpaired) electrons. The van der Waals surface area contributed by atoms with Gasteiger partial charge in [-0.2, -0.15) is 0 Å². The predicted octanol–water partition coefficient (Wildman–Crippen LogP) is 3.58. The van der Waals surface area contributed by atoms with Gasteiger partial charge in [-0.3, -0.25) is 0 Å². The van der Waals surface area contributed by atoms with E-state index in [1.165, 1.54) is 0 Å². The Morgan fingerprint density at radius 3 is 2.50 bits per heavy atom. The molecule has 130 valence electrons. The molecule has 0 aliphatic heterocycles. The van der Waals surface area contributed by atoms with Crippen LogP contribution < -0.4 is 14.8 Å². The fourth-order valence-corrected chi connectivity index (χ4v) is 2.47. The highest BCUT2D eigenvalue weighted by Crippen LogP contribution is 2.33. The first-order valence-electron chi connectivity index (χ1n) is 7.98. The van der Waals surface area contributed by atoms with E-state index in [2.05, 4.69) is 24.3 Å². The smallest absolute Gasteiger partial charge is 0.163 e. The molecule has 0 aliphatic rings. The van der Waals surface area contributed by atoms with Crippen LogP contribution in [0.4, 0.5) is 0 Å². The molecule has 0 spiro atoms. The van der Waals surface area contributed by atoms with E-state index in [-0.39, 0.29) is 0 Å². The summed E-state index contributed by atoms with van der Waals surface area (Å²) < 4.78 is 11.3. The Morgan fingerprint density at radius 1 is 1.08 bits per heavy atom. The number of benzene rings is 2. The molecule has 0 aromatic heterocycles. The number of likely N-dealkylation sites (N-methyl/N-ethyl adjacent to an activating group) is 1. The highest BCUT2D eigenvalue weighted by Gasteiger charge is 2.11. The lowest BCUT2D eigenvalue weighted by Crippen LogP contribution is -2.26. The van der Waals surface area contributed by atoms with Crippen LogP contribution in [0.5, 0.6) is 11.5 Å². The summed E-state index contributed by atoms with van der Waals surface area (Å²) in [6.45, 7) is 3.06. The van der Waals surface area contributed by atoms with Gasteiger partial charge in [-0.25, -0.2) is 0 Å². The topological polar surface area (TPSA) is 33.7 Å². The summed E-state index contributed by atoms with van der Waals surface area (Å²) in [5.41, 5.74) is 2.10. The van der Waals surface area contributed by atoms with E-state index in [1.54, 1.807) is 7.11 Å². The minimum Gasteiger partial charge on any atom is -0.493 e. The summed E-state index contributed by atoms with van der Waals surface area (Å²) in [6, 6.07) is 13.8. The molecule has 1 N–H and O–H groups in total. The first kappa shape index (κ1) is 18.6. The average molecular weight is 349 g/mol. The van der Waals surface area contributed by atoms with Gasteiger partial charge >= 0.3 is 0 Å². The van der Waals surface area contributed by atoms with E-state index in [0.717, 1.165) is 24.2 Å².